The third kappa shape index (κ3) is 2.47. The highest BCUT2D eigenvalue weighted by atomic mass is 35.5. The molecule has 0 aliphatic rings. The lowest BCUT2D eigenvalue weighted by atomic mass is 10.1. The molecule has 0 N–H and O–H groups in total. The maximum Gasteiger partial charge on any atom is 0.188 e. The summed E-state index contributed by atoms with van der Waals surface area (Å²) < 4.78 is 13.0. The average molecular weight is 253 g/mol. The molecule has 0 aromatic heterocycles. The van der Waals surface area contributed by atoms with E-state index in [1.54, 1.807) is 0 Å². The molecule has 14 heavy (non-hydrogen) atoms. The largest absolute Gasteiger partial charge is 0.289 e. The Labute approximate surface area is 95.1 Å². The van der Waals surface area contributed by atoms with E-state index in [4.69, 9.17) is 34.8 Å². The van der Waals surface area contributed by atoms with Crippen LogP contribution in [0.2, 0.25) is 10.0 Å². The molecule has 1 aromatic rings. The van der Waals surface area contributed by atoms with Crippen LogP contribution in [0.15, 0.2) is 23.7 Å². The molecule has 1 aromatic carbocycles. The molecule has 1 nitrogen and oxygen atoms in total. The maximum atomic E-state index is 13.0. The van der Waals surface area contributed by atoms with Crippen molar-refractivity contribution in [3.05, 3.63) is 45.2 Å². The van der Waals surface area contributed by atoms with Crippen LogP contribution in [-0.4, -0.2) is 5.78 Å². The highest BCUT2D eigenvalue weighted by Crippen LogP contribution is 2.24. The van der Waals surface area contributed by atoms with Gasteiger partial charge in [-0.25, -0.2) is 4.39 Å². The standard InChI is InChI=1S/C9H4Cl3FO/c10-2-1-9(14)5-3-8(13)7(12)4-6(5)11/h1-4H. The minimum atomic E-state index is -0.692. The second-order valence-electron chi connectivity index (χ2n) is 2.40. The van der Waals surface area contributed by atoms with Gasteiger partial charge in [0, 0.05) is 11.1 Å². The van der Waals surface area contributed by atoms with Gasteiger partial charge in [0.15, 0.2) is 5.78 Å². The van der Waals surface area contributed by atoms with Crippen LogP contribution in [-0.2, 0) is 0 Å². The lowest BCUT2D eigenvalue weighted by Crippen LogP contribution is -1.96. The van der Waals surface area contributed by atoms with E-state index < -0.39 is 11.6 Å². The molecule has 0 atom stereocenters. The molecule has 0 radical (unpaired) electrons. The lowest BCUT2D eigenvalue weighted by Gasteiger charge is -2.01. The van der Waals surface area contributed by atoms with Crippen LogP contribution in [0.5, 0.6) is 0 Å². The quantitative estimate of drug-likeness (QED) is 0.441. The first-order chi connectivity index (χ1) is 6.56. The van der Waals surface area contributed by atoms with E-state index in [0.717, 1.165) is 17.7 Å². The van der Waals surface area contributed by atoms with Crippen LogP contribution in [0.25, 0.3) is 0 Å². The maximum absolute atomic E-state index is 13.0. The Balaban J connectivity index is 3.22. The summed E-state index contributed by atoms with van der Waals surface area (Å²) in [4.78, 5) is 11.3. The number of halogens is 4. The Bertz CT molecular complexity index is 401. The smallest absolute Gasteiger partial charge is 0.188 e. The Morgan fingerprint density at radius 3 is 2.50 bits per heavy atom. The molecular weight excluding hydrogens is 249 g/mol. The van der Waals surface area contributed by atoms with Crippen LogP contribution in [0.4, 0.5) is 4.39 Å². The number of hydrogen-bond donors (Lipinski definition) is 0. The summed E-state index contributed by atoms with van der Waals surface area (Å²) in [6.45, 7) is 0. The van der Waals surface area contributed by atoms with Crippen molar-refractivity contribution in [1.29, 1.82) is 0 Å². The lowest BCUT2D eigenvalue weighted by molar-refractivity contribution is 0.104. The molecule has 0 bridgehead atoms. The second-order valence-corrected chi connectivity index (χ2v) is 3.47. The molecule has 0 spiro atoms. The van der Waals surface area contributed by atoms with Gasteiger partial charge in [-0.15, -0.1) is 0 Å². The van der Waals surface area contributed by atoms with Gasteiger partial charge in [-0.3, -0.25) is 4.79 Å². The summed E-state index contributed by atoms with van der Waals surface area (Å²) in [5.74, 6) is -1.16. The number of rotatable bonds is 2. The van der Waals surface area contributed by atoms with Crippen molar-refractivity contribution < 1.29 is 9.18 Å². The number of carbonyl (C=O) groups is 1. The van der Waals surface area contributed by atoms with E-state index in [-0.39, 0.29) is 15.6 Å². The van der Waals surface area contributed by atoms with Gasteiger partial charge in [-0.1, -0.05) is 34.8 Å². The second kappa shape index (κ2) is 4.78. The topological polar surface area (TPSA) is 17.1 Å². The third-order valence-electron chi connectivity index (χ3n) is 1.49. The van der Waals surface area contributed by atoms with Gasteiger partial charge in [0.05, 0.1) is 10.0 Å². The molecule has 0 amide bonds. The van der Waals surface area contributed by atoms with Crippen LogP contribution in [0.1, 0.15) is 10.4 Å². The molecular formula is C9H4Cl3FO. The fraction of sp³-hybridized carbons (Fsp3) is 0. The fourth-order valence-corrected chi connectivity index (χ4v) is 1.45. The monoisotopic (exact) mass is 252 g/mol. The normalized spacial score (nSPS) is 10.9. The van der Waals surface area contributed by atoms with E-state index in [2.05, 4.69) is 0 Å². The minimum Gasteiger partial charge on any atom is -0.289 e. The third-order valence-corrected chi connectivity index (χ3v) is 2.22. The van der Waals surface area contributed by atoms with Crippen LogP contribution in [0.3, 0.4) is 0 Å². The van der Waals surface area contributed by atoms with Gasteiger partial charge in [0.2, 0.25) is 0 Å². The van der Waals surface area contributed by atoms with E-state index in [1.807, 2.05) is 0 Å². The highest BCUT2D eigenvalue weighted by Gasteiger charge is 2.11. The molecule has 0 fully saturated rings. The molecule has 74 valence electrons. The van der Waals surface area contributed by atoms with Crippen LogP contribution in [0, 0.1) is 5.82 Å². The van der Waals surface area contributed by atoms with Gasteiger partial charge in [0.1, 0.15) is 5.82 Å². The SMILES string of the molecule is O=C(C=CCl)c1cc(F)c(Cl)cc1Cl. The first-order valence-corrected chi connectivity index (χ1v) is 4.71. The van der Waals surface area contributed by atoms with E-state index in [0.29, 0.717) is 0 Å². The van der Waals surface area contributed by atoms with Crippen LogP contribution < -0.4 is 0 Å². The zero-order chi connectivity index (χ0) is 10.7. The summed E-state index contributed by atoms with van der Waals surface area (Å²) >= 11 is 16.3. The first kappa shape index (κ1) is 11.5. The Morgan fingerprint density at radius 1 is 1.29 bits per heavy atom. The van der Waals surface area contributed by atoms with Gasteiger partial charge in [0.25, 0.3) is 0 Å². The van der Waals surface area contributed by atoms with Gasteiger partial charge < -0.3 is 0 Å². The number of benzene rings is 1. The van der Waals surface area contributed by atoms with Crippen molar-refractivity contribution in [3.8, 4) is 0 Å². The summed E-state index contributed by atoms with van der Waals surface area (Å²) in [5, 5.41) is -0.0300. The fourth-order valence-electron chi connectivity index (χ4n) is 0.858. The van der Waals surface area contributed by atoms with Gasteiger partial charge in [-0.2, -0.15) is 0 Å². The molecule has 5 heteroatoms. The minimum absolute atomic E-state index is 0.0328. The van der Waals surface area contributed by atoms with Crippen molar-refractivity contribution in [2.75, 3.05) is 0 Å². The van der Waals surface area contributed by atoms with Crippen molar-refractivity contribution >= 4 is 40.6 Å². The number of ketones is 1. The van der Waals surface area contributed by atoms with Crippen molar-refractivity contribution in [2.24, 2.45) is 0 Å². The molecule has 0 aliphatic carbocycles. The van der Waals surface area contributed by atoms with E-state index >= 15 is 0 Å². The first-order valence-electron chi connectivity index (χ1n) is 3.52. The Kier molecular flexibility index (Phi) is 3.93. The van der Waals surface area contributed by atoms with Crippen molar-refractivity contribution in [2.45, 2.75) is 0 Å². The van der Waals surface area contributed by atoms with Crippen molar-refractivity contribution in [3.63, 3.8) is 0 Å². The number of carbonyl (C=O) groups excluding carboxylic acids is 1. The van der Waals surface area contributed by atoms with Crippen molar-refractivity contribution in [1.82, 2.24) is 0 Å². The summed E-state index contributed by atoms with van der Waals surface area (Å²) in [5.41, 5.74) is 1.07. The summed E-state index contributed by atoms with van der Waals surface area (Å²) in [6.07, 6.45) is 1.08. The zero-order valence-corrected chi connectivity index (χ0v) is 9.00. The molecule has 0 saturated heterocycles. The summed E-state index contributed by atoms with van der Waals surface area (Å²) in [7, 11) is 0. The van der Waals surface area contributed by atoms with Gasteiger partial charge >= 0.3 is 0 Å². The zero-order valence-electron chi connectivity index (χ0n) is 6.73. The van der Waals surface area contributed by atoms with Gasteiger partial charge in [-0.05, 0) is 18.2 Å². The number of hydrogen-bond acceptors (Lipinski definition) is 1. The molecule has 0 saturated carbocycles. The Morgan fingerprint density at radius 2 is 1.93 bits per heavy atom. The summed E-state index contributed by atoms with van der Waals surface area (Å²) in [6, 6.07) is 2.15. The molecule has 0 heterocycles. The molecule has 0 unspecified atom stereocenters. The van der Waals surface area contributed by atoms with E-state index in [1.165, 1.54) is 6.07 Å². The predicted octanol–water partition coefficient (Wildman–Crippen LogP) is 4.07. The Hall–Kier alpha value is -0.570. The van der Waals surface area contributed by atoms with Crippen LogP contribution >= 0.6 is 34.8 Å². The predicted molar refractivity (Wildman–Crippen MR) is 55.7 cm³/mol. The van der Waals surface area contributed by atoms with E-state index in [9.17, 15) is 9.18 Å². The highest BCUT2D eigenvalue weighted by molar-refractivity contribution is 6.37. The average Bonchev–Trinajstić information content (AvgIpc) is 2.11. The molecule has 1 rings (SSSR count). The number of allylic oxidation sites excluding steroid dienone is 1. The molecule has 0 aliphatic heterocycles.